The molecule has 1 aliphatic rings. The first kappa shape index (κ1) is 13.8. The zero-order valence-electron chi connectivity index (χ0n) is 10.5. The molecule has 0 saturated heterocycles. The maximum Gasteiger partial charge on any atom is 0.251 e. The fourth-order valence-corrected chi connectivity index (χ4v) is 3.77. The molecule has 2 atom stereocenters. The van der Waals surface area contributed by atoms with E-state index in [2.05, 4.69) is 12.2 Å². The van der Waals surface area contributed by atoms with Crippen LogP contribution in [0.4, 0.5) is 0 Å². The van der Waals surface area contributed by atoms with Gasteiger partial charge in [-0.2, -0.15) is 11.8 Å². The maximum atomic E-state index is 12.1. The lowest BCUT2D eigenvalue weighted by Crippen LogP contribution is -2.38. The van der Waals surface area contributed by atoms with Gasteiger partial charge in [0.25, 0.3) is 5.91 Å². The summed E-state index contributed by atoms with van der Waals surface area (Å²) in [7, 11) is 0. The highest BCUT2D eigenvalue weighted by molar-refractivity contribution is 7.99. The molecule has 2 rings (SSSR count). The molecule has 98 valence electrons. The summed E-state index contributed by atoms with van der Waals surface area (Å²) in [5, 5.41) is 4.31. The summed E-state index contributed by atoms with van der Waals surface area (Å²) >= 11 is 7.85. The van der Waals surface area contributed by atoms with E-state index in [9.17, 15) is 4.79 Å². The minimum Gasteiger partial charge on any atom is -0.348 e. The van der Waals surface area contributed by atoms with Gasteiger partial charge in [0.2, 0.25) is 0 Å². The molecule has 2 unspecified atom stereocenters. The van der Waals surface area contributed by atoms with Crippen molar-refractivity contribution in [3.63, 3.8) is 0 Å². The van der Waals surface area contributed by atoms with Gasteiger partial charge in [-0.1, -0.05) is 31.0 Å². The molecule has 0 bridgehead atoms. The second-order valence-corrected chi connectivity index (χ2v) is 6.47. The lowest BCUT2D eigenvalue weighted by molar-refractivity contribution is 0.0938. The number of carbonyl (C=O) groups is 1. The number of thioether (sulfide) groups is 1. The van der Waals surface area contributed by atoms with E-state index in [4.69, 9.17) is 11.6 Å². The zero-order valence-corrected chi connectivity index (χ0v) is 12.1. The summed E-state index contributed by atoms with van der Waals surface area (Å²) in [4.78, 5) is 12.1. The molecule has 0 heterocycles. The Hall–Kier alpha value is -0.670. The van der Waals surface area contributed by atoms with E-state index >= 15 is 0 Å². The Bertz CT molecular complexity index is 424. The molecule has 1 N–H and O–H groups in total. The Morgan fingerprint density at radius 3 is 3.06 bits per heavy atom. The van der Waals surface area contributed by atoms with Crippen LogP contribution in [0.25, 0.3) is 0 Å². The van der Waals surface area contributed by atoms with E-state index in [1.165, 1.54) is 12.8 Å². The number of hydrogen-bond donors (Lipinski definition) is 1. The zero-order chi connectivity index (χ0) is 13.0. The van der Waals surface area contributed by atoms with Gasteiger partial charge in [-0.3, -0.25) is 4.79 Å². The number of rotatable bonds is 4. The monoisotopic (exact) mass is 283 g/mol. The van der Waals surface area contributed by atoms with Crippen molar-refractivity contribution in [2.24, 2.45) is 0 Å². The molecule has 18 heavy (non-hydrogen) atoms. The maximum absolute atomic E-state index is 12.1. The molecule has 0 aliphatic heterocycles. The fourth-order valence-electron chi connectivity index (χ4n) is 2.39. The Morgan fingerprint density at radius 2 is 2.33 bits per heavy atom. The smallest absolute Gasteiger partial charge is 0.251 e. The first-order valence-corrected chi connectivity index (χ1v) is 7.81. The highest BCUT2D eigenvalue weighted by Crippen LogP contribution is 2.30. The van der Waals surface area contributed by atoms with Crippen LogP contribution in [-0.4, -0.2) is 23.0 Å². The predicted octanol–water partition coefficient (Wildman–Crippen LogP) is 3.74. The summed E-state index contributed by atoms with van der Waals surface area (Å²) in [6, 6.07) is 7.42. The van der Waals surface area contributed by atoms with E-state index in [0.29, 0.717) is 21.9 Å². The van der Waals surface area contributed by atoms with E-state index < -0.39 is 0 Å². The number of hydrogen-bond acceptors (Lipinski definition) is 2. The van der Waals surface area contributed by atoms with Crippen molar-refractivity contribution in [3.05, 3.63) is 34.9 Å². The van der Waals surface area contributed by atoms with Crippen molar-refractivity contribution < 1.29 is 4.79 Å². The Kier molecular flexibility index (Phi) is 4.95. The van der Waals surface area contributed by atoms with Crippen LogP contribution >= 0.6 is 23.4 Å². The van der Waals surface area contributed by atoms with Crippen LogP contribution in [-0.2, 0) is 0 Å². The van der Waals surface area contributed by atoms with Crippen molar-refractivity contribution in [2.75, 3.05) is 5.75 Å². The van der Waals surface area contributed by atoms with Gasteiger partial charge in [-0.25, -0.2) is 0 Å². The topological polar surface area (TPSA) is 29.1 Å². The quantitative estimate of drug-likeness (QED) is 0.912. The van der Waals surface area contributed by atoms with Gasteiger partial charge in [0, 0.05) is 21.9 Å². The van der Waals surface area contributed by atoms with Crippen LogP contribution in [0.1, 0.15) is 36.5 Å². The second-order valence-electron chi connectivity index (χ2n) is 4.51. The lowest BCUT2D eigenvalue weighted by Gasteiger charge is -2.20. The highest BCUT2D eigenvalue weighted by atomic mass is 35.5. The molecule has 0 aromatic heterocycles. The third-order valence-electron chi connectivity index (χ3n) is 3.24. The SMILES string of the molecule is CCSC1CCCC1NC(=O)c1cccc(Cl)c1. The van der Waals surface area contributed by atoms with Crippen LogP contribution in [0.2, 0.25) is 5.02 Å². The number of halogens is 1. The number of nitrogens with one attached hydrogen (secondary N) is 1. The van der Waals surface area contributed by atoms with Crippen LogP contribution in [0.3, 0.4) is 0 Å². The van der Waals surface area contributed by atoms with Crippen LogP contribution < -0.4 is 5.32 Å². The first-order chi connectivity index (χ1) is 8.70. The van der Waals surface area contributed by atoms with Gasteiger partial charge in [0.15, 0.2) is 0 Å². The summed E-state index contributed by atoms with van der Waals surface area (Å²) in [5.41, 5.74) is 0.648. The third-order valence-corrected chi connectivity index (χ3v) is 4.80. The fraction of sp³-hybridized carbons (Fsp3) is 0.500. The second kappa shape index (κ2) is 6.48. The Balaban J connectivity index is 1.98. The number of amides is 1. The molecule has 1 aromatic carbocycles. The molecule has 1 fully saturated rings. The molecule has 4 heteroatoms. The van der Waals surface area contributed by atoms with Crippen molar-refractivity contribution in [1.29, 1.82) is 0 Å². The van der Waals surface area contributed by atoms with Crippen molar-refractivity contribution in [2.45, 2.75) is 37.5 Å². The molecular weight excluding hydrogens is 266 g/mol. The van der Waals surface area contributed by atoms with Gasteiger partial charge in [-0.05, 0) is 36.8 Å². The van der Waals surface area contributed by atoms with Gasteiger partial charge in [-0.15, -0.1) is 0 Å². The molecule has 0 radical (unpaired) electrons. The van der Waals surface area contributed by atoms with Crippen LogP contribution in [0, 0.1) is 0 Å². The molecule has 1 saturated carbocycles. The average Bonchev–Trinajstić information content (AvgIpc) is 2.77. The van der Waals surface area contributed by atoms with E-state index in [0.717, 1.165) is 12.2 Å². The average molecular weight is 284 g/mol. The number of benzene rings is 1. The van der Waals surface area contributed by atoms with Crippen LogP contribution in [0.15, 0.2) is 24.3 Å². The molecule has 1 aromatic rings. The van der Waals surface area contributed by atoms with Gasteiger partial charge < -0.3 is 5.32 Å². The van der Waals surface area contributed by atoms with Gasteiger partial charge in [0.05, 0.1) is 0 Å². The molecule has 2 nitrogen and oxygen atoms in total. The van der Waals surface area contributed by atoms with Crippen molar-refractivity contribution in [1.82, 2.24) is 5.32 Å². The first-order valence-electron chi connectivity index (χ1n) is 6.38. The summed E-state index contributed by atoms with van der Waals surface area (Å²) in [5.74, 6) is 1.10. The standard InChI is InChI=1S/C14H18ClNOS/c1-2-18-13-8-4-7-12(13)16-14(17)10-5-3-6-11(15)9-10/h3,5-6,9,12-13H,2,4,7-8H2,1H3,(H,16,17). The van der Waals surface area contributed by atoms with E-state index in [-0.39, 0.29) is 5.91 Å². The molecule has 1 aliphatic carbocycles. The largest absolute Gasteiger partial charge is 0.348 e. The van der Waals surface area contributed by atoms with Gasteiger partial charge in [0.1, 0.15) is 0 Å². The van der Waals surface area contributed by atoms with Crippen molar-refractivity contribution >= 4 is 29.3 Å². The van der Waals surface area contributed by atoms with E-state index in [1.54, 1.807) is 18.2 Å². The van der Waals surface area contributed by atoms with Crippen LogP contribution in [0.5, 0.6) is 0 Å². The molecule has 1 amide bonds. The summed E-state index contributed by atoms with van der Waals surface area (Å²) < 4.78 is 0. The van der Waals surface area contributed by atoms with Gasteiger partial charge >= 0.3 is 0 Å². The molecular formula is C14H18ClNOS. The third kappa shape index (κ3) is 3.42. The number of carbonyl (C=O) groups excluding carboxylic acids is 1. The predicted molar refractivity (Wildman–Crippen MR) is 78.5 cm³/mol. The Morgan fingerprint density at radius 1 is 1.50 bits per heavy atom. The normalized spacial score (nSPS) is 23.0. The minimum atomic E-state index is -0.00824. The van der Waals surface area contributed by atoms with E-state index in [1.807, 2.05) is 17.8 Å². The molecule has 0 spiro atoms. The summed E-state index contributed by atoms with van der Waals surface area (Å²) in [6.45, 7) is 2.17. The lowest BCUT2D eigenvalue weighted by atomic mass is 10.2. The highest BCUT2D eigenvalue weighted by Gasteiger charge is 2.28. The summed E-state index contributed by atoms with van der Waals surface area (Å²) in [6.07, 6.45) is 3.50. The Labute approximate surface area is 117 Å². The van der Waals surface area contributed by atoms with Crippen molar-refractivity contribution in [3.8, 4) is 0 Å². The minimum absolute atomic E-state index is 0.00824.